The molecule has 0 unspecified atom stereocenters. The maximum atomic E-state index is 11.8. The molecule has 0 atom stereocenters. The summed E-state index contributed by atoms with van der Waals surface area (Å²) in [6.07, 6.45) is 1.17. The number of anilines is 1. The molecule has 8 heteroatoms. The van der Waals surface area contributed by atoms with Crippen LogP contribution in [0.25, 0.3) is 0 Å². The lowest BCUT2D eigenvalue weighted by atomic mass is 10.1. The van der Waals surface area contributed by atoms with Crippen LogP contribution in [0.15, 0.2) is 0 Å². The van der Waals surface area contributed by atoms with E-state index in [9.17, 15) is 9.59 Å². The first-order chi connectivity index (χ1) is 9.54. The standard InChI is InChI=1S/C12H18N4O2S2/c1-8(2)7-10-14-15-11(20-10)13-9(17)3-4-16-5-6-19-12(16)18/h8H,3-7H2,1-2H3,(H,13,15,17). The molecule has 110 valence electrons. The summed E-state index contributed by atoms with van der Waals surface area (Å²) in [7, 11) is 0. The van der Waals surface area contributed by atoms with E-state index in [0.717, 1.165) is 23.7 Å². The van der Waals surface area contributed by atoms with Crippen molar-refractivity contribution in [3.8, 4) is 0 Å². The van der Waals surface area contributed by atoms with Gasteiger partial charge in [0.05, 0.1) is 0 Å². The minimum absolute atomic E-state index is 0.0629. The molecule has 0 saturated carbocycles. The second kappa shape index (κ2) is 7.03. The average Bonchev–Trinajstić information content (AvgIpc) is 2.96. The number of nitrogens with one attached hydrogen (secondary N) is 1. The Bertz CT molecular complexity index is 490. The summed E-state index contributed by atoms with van der Waals surface area (Å²) < 4.78 is 0. The molecule has 1 aromatic heterocycles. The summed E-state index contributed by atoms with van der Waals surface area (Å²) in [4.78, 5) is 24.9. The van der Waals surface area contributed by atoms with Crippen molar-refractivity contribution in [2.45, 2.75) is 26.7 Å². The quantitative estimate of drug-likeness (QED) is 0.871. The second-order valence-corrected chi connectivity index (χ2v) is 7.11. The Morgan fingerprint density at radius 1 is 1.45 bits per heavy atom. The number of hydrogen-bond donors (Lipinski definition) is 1. The van der Waals surface area contributed by atoms with Crippen LogP contribution in [0.1, 0.15) is 25.3 Å². The molecule has 1 fully saturated rings. The third-order valence-electron chi connectivity index (χ3n) is 2.75. The van der Waals surface area contributed by atoms with Crippen LogP contribution in [0, 0.1) is 5.92 Å². The maximum absolute atomic E-state index is 11.8. The van der Waals surface area contributed by atoms with Gasteiger partial charge in [0.2, 0.25) is 11.0 Å². The van der Waals surface area contributed by atoms with Gasteiger partial charge in [0, 0.05) is 31.7 Å². The van der Waals surface area contributed by atoms with Crippen molar-refractivity contribution in [1.29, 1.82) is 0 Å². The molecule has 2 rings (SSSR count). The average molecular weight is 314 g/mol. The number of nitrogens with zero attached hydrogens (tertiary/aromatic N) is 3. The molecule has 1 saturated heterocycles. The van der Waals surface area contributed by atoms with Crippen molar-refractivity contribution in [2.75, 3.05) is 24.2 Å². The van der Waals surface area contributed by atoms with Gasteiger partial charge in [-0.05, 0) is 5.92 Å². The Balaban J connectivity index is 1.76. The fraction of sp³-hybridized carbons (Fsp3) is 0.667. The SMILES string of the molecule is CC(C)Cc1nnc(NC(=O)CCN2CCSC2=O)s1. The lowest BCUT2D eigenvalue weighted by Crippen LogP contribution is -2.27. The number of amides is 2. The predicted molar refractivity (Wildman–Crippen MR) is 81.1 cm³/mol. The molecule has 0 aliphatic carbocycles. The van der Waals surface area contributed by atoms with Crippen molar-refractivity contribution < 1.29 is 9.59 Å². The van der Waals surface area contributed by atoms with Crippen LogP contribution >= 0.6 is 23.1 Å². The van der Waals surface area contributed by atoms with Crippen molar-refractivity contribution in [3.63, 3.8) is 0 Å². The number of thioether (sulfide) groups is 1. The van der Waals surface area contributed by atoms with Crippen LogP contribution in [-0.2, 0) is 11.2 Å². The van der Waals surface area contributed by atoms with Gasteiger partial charge >= 0.3 is 0 Å². The second-order valence-electron chi connectivity index (χ2n) is 5.00. The predicted octanol–water partition coefficient (Wildman–Crippen LogP) is 2.23. The smallest absolute Gasteiger partial charge is 0.281 e. The van der Waals surface area contributed by atoms with E-state index in [1.165, 1.54) is 23.1 Å². The molecule has 2 heterocycles. The molecule has 0 bridgehead atoms. The van der Waals surface area contributed by atoms with Crippen LogP contribution in [0.4, 0.5) is 9.93 Å². The van der Waals surface area contributed by atoms with E-state index in [0.29, 0.717) is 24.0 Å². The van der Waals surface area contributed by atoms with E-state index in [-0.39, 0.29) is 11.1 Å². The fourth-order valence-corrected chi connectivity index (χ4v) is 3.60. The summed E-state index contributed by atoms with van der Waals surface area (Å²) in [5.74, 6) is 1.21. The molecule has 0 spiro atoms. The van der Waals surface area contributed by atoms with Gasteiger partial charge in [-0.25, -0.2) is 0 Å². The lowest BCUT2D eigenvalue weighted by Gasteiger charge is -2.13. The number of carbonyl (C=O) groups is 2. The highest BCUT2D eigenvalue weighted by Crippen LogP contribution is 2.19. The highest BCUT2D eigenvalue weighted by molar-refractivity contribution is 8.13. The normalized spacial score (nSPS) is 15.2. The Kier molecular flexibility index (Phi) is 5.36. The van der Waals surface area contributed by atoms with Crippen LogP contribution < -0.4 is 5.32 Å². The molecule has 6 nitrogen and oxygen atoms in total. The van der Waals surface area contributed by atoms with E-state index in [2.05, 4.69) is 29.4 Å². The Morgan fingerprint density at radius 2 is 2.25 bits per heavy atom. The first-order valence-electron chi connectivity index (χ1n) is 6.58. The van der Waals surface area contributed by atoms with Crippen molar-refractivity contribution >= 4 is 39.4 Å². The van der Waals surface area contributed by atoms with E-state index in [1.54, 1.807) is 4.90 Å². The summed E-state index contributed by atoms with van der Waals surface area (Å²) in [5.41, 5.74) is 0. The Labute approximate surface area is 126 Å². The molecule has 1 aliphatic rings. The summed E-state index contributed by atoms with van der Waals surface area (Å²) in [5, 5.41) is 12.3. The van der Waals surface area contributed by atoms with E-state index in [4.69, 9.17) is 0 Å². The maximum Gasteiger partial charge on any atom is 0.281 e. The van der Waals surface area contributed by atoms with Gasteiger partial charge in [-0.2, -0.15) is 0 Å². The molecule has 2 amide bonds. The molecule has 1 aromatic rings. The third kappa shape index (κ3) is 4.45. The number of aromatic nitrogens is 2. The molecular formula is C12H18N4O2S2. The van der Waals surface area contributed by atoms with Crippen LogP contribution in [0.3, 0.4) is 0 Å². The van der Waals surface area contributed by atoms with Gasteiger partial charge in [-0.1, -0.05) is 36.9 Å². The van der Waals surface area contributed by atoms with Crippen LogP contribution in [-0.4, -0.2) is 45.1 Å². The molecule has 20 heavy (non-hydrogen) atoms. The van der Waals surface area contributed by atoms with Gasteiger partial charge in [-0.3, -0.25) is 9.59 Å². The van der Waals surface area contributed by atoms with Gasteiger partial charge in [0.25, 0.3) is 5.24 Å². The zero-order valence-corrected chi connectivity index (χ0v) is 13.2. The number of hydrogen-bond acceptors (Lipinski definition) is 6. The van der Waals surface area contributed by atoms with Gasteiger partial charge in [-0.15, -0.1) is 10.2 Å². The Hall–Kier alpha value is -1.15. The minimum atomic E-state index is -0.123. The monoisotopic (exact) mass is 314 g/mol. The third-order valence-corrected chi connectivity index (χ3v) is 4.50. The van der Waals surface area contributed by atoms with E-state index in [1.807, 2.05) is 0 Å². The zero-order valence-electron chi connectivity index (χ0n) is 11.6. The first-order valence-corrected chi connectivity index (χ1v) is 8.38. The molecule has 0 radical (unpaired) electrons. The van der Waals surface area contributed by atoms with Gasteiger partial charge in [0.1, 0.15) is 5.01 Å². The highest BCUT2D eigenvalue weighted by atomic mass is 32.2. The summed E-state index contributed by atoms with van der Waals surface area (Å²) >= 11 is 2.71. The molecular weight excluding hydrogens is 296 g/mol. The largest absolute Gasteiger partial charge is 0.332 e. The van der Waals surface area contributed by atoms with E-state index >= 15 is 0 Å². The van der Waals surface area contributed by atoms with Crippen molar-refractivity contribution in [2.24, 2.45) is 5.92 Å². The molecule has 0 aromatic carbocycles. The van der Waals surface area contributed by atoms with Crippen LogP contribution in [0.5, 0.6) is 0 Å². The molecule has 1 N–H and O–H groups in total. The number of rotatable bonds is 6. The van der Waals surface area contributed by atoms with Gasteiger partial charge in [0.15, 0.2) is 0 Å². The molecule has 1 aliphatic heterocycles. The minimum Gasteiger partial charge on any atom is -0.332 e. The highest BCUT2D eigenvalue weighted by Gasteiger charge is 2.21. The number of carbonyl (C=O) groups excluding carboxylic acids is 2. The van der Waals surface area contributed by atoms with Crippen molar-refractivity contribution in [3.05, 3.63) is 5.01 Å². The topological polar surface area (TPSA) is 75.2 Å². The fourth-order valence-electron chi connectivity index (χ4n) is 1.78. The first kappa shape index (κ1) is 15.2. The summed E-state index contributed by atoms with van der Waals surface area (Å²) in [6.45, 7) is 5.43. The van der Waals surface area contributed by atoms with Crippen LogP contribution in [0.2, 0.25) is 0 Å². The van der Waals surface area contributed by atoms with E-state index < -0.39 is 0 Å². The zero-order chi connectivity index (χ0) is 14.5. The van der Waals surface area contributed by atoms with Crippen molar-refractivity contribution in [1.82, 2.24) is 15.1 Å². The van der Waals surface area contributed by atoms with Gasteiger partial charge < -0.3 is 10.2 Å². The Morgan fingerprint density at radius 3 is 2.90 bits per heavy atom. The lowest BCUT2D eigenvalue weighted by molar-refractivity contribution is -0.116. The summed E-state index contributed by atoms with van der Waals surface area (Å²) in [6, 6.07) is 0.